The number of methoxy groups -OCH3 is 1. The van der Waals surface area contributed by atoms with E-state index in [0.717, 1.165) is 29.6 Å². The van der Waals surface area contributed by atoms with Crippen LogP contribution in [-0.2, 0) is 12.6 Å². The maximum atomic E-state index is 12.7. The van der Waals surface area contributed by atoms with Crippen LogP contribution in [0.3, 0.4) is 0 Å². The highest BCUT2D eigenvalue weighted by molar-refractivity contribution is 5.75. The molecule has 2 amide bonds. The summed E-state index contributed by atoms with van der Waals surface area (Å²) >= 11 is 0. The number of carbonyl (C=O) groups excluding carboxylic acids is 1. The molecule has 3 rings (SSSR count). The van der Waals surface area contributed by atoms with E-state index >= 15 is 0 Å². The fourth-order valence-corrected chi connectivity index (χ4v) is 2.72. The Labute approximate surface area is 160 Å². The van der Waals surface area contributed by atoms with Crippen molar-refractivity contribution in [1.82, 2.24) is 15.2 Å². The number of hydrogen-bond acceptors (Lipinski definition) is 4. The molecule has 1 fully saturated rings. The van der Waals surface area contributed by atoms with Crippen molar-refractivity contribution in [2.24, 2.45) is 0 Å². The van der Waals surface area contributed by atoms with Gasteiger partial charge in [0.25, 0.3) is 0 Å². The van der Waals surface area contributed by atoms with Crippen molar-refractivity contribution in [3.63, 3.8) is 0 Å². The van der Waals surface area contributed by atoms with Crippen molar-refractivity contribution in [3.05, 3.63) is 53.7 Å². The number of pyridine rings is 1. The third kappa shape index (κ3) is 5.05. The van der Waals surface area contributed by atoms with Crippen molar-refractivity contribution in [2.75, 3.05) is 26.7 Å². The SMILES string of the molecule is COc1ccc(CCNC(=O)N2CC(Oc3cc(C(F)(F)F)ccn3)C2)cc1. The lowest BCUT2D eigenvalue weighted by Gasteiger charge is -2.38. The van der Waals surface area contributed by atoms with E-state index in [0.29, 0.717) is 26.1 Å². The molecule has 0 bridgehead atoms. The molecule has 1 aliphatic heterocycles. The average Bonchev–Trinajstić information content (AvgIpc) is 2.64. The zero-order valence-electron chi connectivity index (χ0n) is 15.2. The Kier molecular flexibility index (Phi) is 5.91. The Bertz CT molecular complexity index is 806. The highest BCUT2D eigenvalue weighted by Crippen LogP contribution is 2.31. The monoisotopic (exact) mass is 395 g/mol. The number of nitrogens with zero attached hydrogens (tertiary/aromatic N) is 2. The topological polar surface area (TPSA) is 63.7 Å². The Morgan fingerprint density at radius 1 is 1.25 bits per heavy atom. The van der Waals surface area contributed by atoms with E-state index in [1.54, 1.807) is 7.11 Å². The van der Waals surface area contributed by atoms with Crippen LogP contribution in [0.5, 0.6) is 11.6 Å². The van der Waals surface area contributed by atoms with Crippen LogP contribution in [0.1, 0.15) is 11.1 Å². The summed E-state index contributed by atoms with van der Waals surface area (Å²) in [4.78, 5) is 17.4. The fraction of sp³-hybridized carbons (Fsp3) is 0.368. The van der Waals surface area contributed by atoms with Crippen molar-refractivity contribution in [2.45, 2.75) is 18.7 Å². The lowest BCUT2D eigenvalue weighted by molar-refractivity contribution is -0.137. The van der Waals surface area contributed by atoms with Gasteiger partial charge in [-0.25, -0.2) is 9.78 Å². The Balaban J connectivity index is 1.39. The van der Waals surface area contributed by atoms with Gasteiger partial charge < -0.3 is 19.7 Å². The molecule has 1 saturated heterocycles. The minimum Gasteiger partial charge on any atom is -0.497 e. The molecule has 0 unspecified atom stereocenters. The zero-order valence-corrected chi connectivity index (χ0v) is 15.2. The number of hydrogen-bond donors (Lipinski definition) is 1. The minimum absolute atomic E-state index is 0.0978. The molecule has 28 heavy (non-hydrogen) atoms. The molecule has 1 aliphatic rings. The van der Waals surface area contributed by atoms with Crippen LogP contribution < -0.4 is 14.8 Å². The van der Waals surface area contributed by atoms with Crippen molar-refractivity contribution >= 4 is 6.03 Å². The Morgan fingerprint density at radius 2 is 1.96 bits per heavy atom. The number of urea groups is 1. The molecule has 9 heteroatoms. The zero-order chi connectivity index (χ0) is 20.1. The van der Waals surface area contributed by atoms with Crippen LogP contribution in [-0.4, -0.2) is 48.8 Å². The van der Waals surface area contributed by atoms with Crippen molar-refractivity contribution in [3.8, 4) is 11.6 Å². The molecule has 0 saturated carbocycles. The van der Waals surface area contributed by atoms with Crippen LogP contribution in [0.2, 0.25) is 0 Å². The second-order valence-corrected chi connectivity index (χ2v) is 6.36. The number of aromatic nitrogens is 1. The van der Waals surface area contributed by atoms with Gasteiger partial charge in [-0.05, 0) is 30.2 Å². The van der Waals surface area contributed by atoms with Gasteiger partial charge in [-0.3, -0.25) is 0 Å². The number of benzene rings is 1. The molecule has 150 valence electrons. The Morgan fingerprint density at radius 3 is 2.61 bits per heavy atom. The van der Waals surface area contributed by atoms with Gasteiger partial charge in [0.2, 0.25) is 5.88 Å². The molecule has 0 atom stereocenters. The molecular weight excluding hydrogens is 375 g/mol. The van der Waals surface area contributed by atoms with E-state index in [1.807, 2.05) is 24.3 Å². The second-order valence-electron chi connectivity index (χ2n) is 6.36. The average molecular weight is 395 g/mol. The molecular formula is C19H20F3N3O3. The summed E-state index contributed by atoms with van der Waals surface area (Å²) in [5.41, 5.74) is 0.256. The first-order chi connectivity index (χ1) is 13.3. The van der Waals surface area contributed by atoms with E-state index in [9.17, 15) is 18.0 Å². The Hall–Kier alpha value is -2.97. The van der Waals surface area contributed by atoms with E-state index in [4.69, 9.17) is 9.47 Å². The van der Waals surface area contributed by atoms with Gasteiger partial charge in [-0.2, -0.15) is 13.2 Å². The number of alkyl halides is 3. The van der Waals surface area contributed by atoms with E-state index in [2.05, 4.69) is 10.3 Å². The molecule has 1 N–H and O–H groups in total. The third-order valence-electron chi connectivity index (χ3n) is 4.33. The summed E-state index contributed by atoms with van der Waals surface area (Å²) in [6.07, 6.45) is -3.09. The summed E-state index contributed by atoms with van der Waals surface area (Å²) in [5, 5.41) is 2.81. The lowest BCUT2D eigenvalue weighted by atomic mass is 10.1. The van der Waals surface area contributed by atoms with Crippen LogP contribution >= 0.6 is 0 Å². The predicted molar refractivity (Wildman–Crippen MR) is 95.3 cm³/mol. The lowest BCUT2D eigenvalue weighted by Crippen LogP contribution is -2.59. The maximum absolute atomic E-state index is 12.7. The number of halogens is 3. The van der Waals surface area contributed by atoms with Crippen molar-refractivity contribution < 1.29 is 27.4 Å². The summed E-state index contributed by atoms with van der Waals surface area (Å²) < 4.78 is 48.6. The van der Waals surface area contributed by atoms with Gasteiger partial charge in [-0.1, -0.05) is 12.1 Å². The van der Waals surface area contributed by atoms with Crippen LogP contribution in [0.4, 0.5) is 18.0 Å². The third-order valence-corrected chi connectivity index (χ3v) is 4.33. The standard InChI is InChI=1S/C19H20F3N3O3/c1-27-15-4-2-13(3-5-15)6-8-24-18(26)25-11-16(12-25)28-17-10-14(7-9-23-17)19(20,21)22/h2-5,7,9-10,16H,6,8,11-12H2,1H3,(H,24,26). The van der Waals surface area contributed by atoms with E-state index in [-0.39, 0.29) is 18.0 Å². The molecule has 2 heterocycles. The summed E-state index contributed by atoms with van der Waals surface area (Å²) in [5.74, 6) is 0.675. The fourth-order valence-electron chi connectivity index (χ4n) is 2.72. The van der Waals surface area contributed by atoms with Crippen LogP contribution in [0.15, 0.2) is 42.6 Å². The number of ether oxygens (including phenoxy) is 2. The first kappa shape index (κ1) is 19.8. The number of amides is 2. The second kappa shape index (κ2) is 8.37. The molecule has 0 spiro atoms. The highest BCUT2D eigenvalue weighted by Gasteiger charge is 2.34. The maximum Gasteiger partial charge on any atom is 0.416 e. The molecule has 1 aromatic carbocycles. The molecule has 6 nitrogen and oxygen atoms in total. The van der Waals surface area contributed by atoms with Crippen LogP contribution in [0.25, 0.3) is 0 Å². The summed E-state index contributed by atoms with van der Waals surface area (Å²) in [7, 11) is 1.60. The van der Waals surface area contributed by atoms with Gasteiger partial charge in [0.15, 0.2) is 0 Å². The van der Waals surface area contributed by atoms with E-state index < -0.39 is 11.7 Å². The number of nitrogens with one attached hydrogen (secondary N) is 1. The van der Waals surface area contributed by atoms with Gasteiger partial charge in [0.05, 0.1) is 25.8 Å². The first-order valence-electron chi connectivity index (χ1n) is 8.71. The van der Waals surface area contributed by atoms with Crippen molar-refractivity contribution in [1.29, 1.82) is 0 Å². The number of likely N-dealkylation sites (tertiary alicyclic amines) is 1. The van der Waals surface area contributed by atoms with E-state index in [1.165, 1.54) is 4.90 Å². The number of rotatable bonds is 6. The highest BCUT2D eigenvalue weighted by atomic mass is 19.4. The smallest absolute Gasteiger partial charge is 0.416 e. The number of carbonyl (C=O) groups is 1. The predicted octanol–water partition coefficient (Wildman–Crippen LogP) is 3.12. The van der Waals surface area contributed by atoms with Gasteiger partial charge in [0.1, 0.15) is 11.9 Å². The minimum atomic E-state index is -4.45. The molecule has 2 aromatic rings. The molecule has 0 aliphatic carbocycles. The quantitative estimate of drug-likeness (QED) is 0.816. The largest absolute Gasteiger partial charge is 0.497 e. The van der Waals surface area contributed by atoms with Gasteiger partial charge >= 0.3 is 12.2 Å². The summed E-state index contributed by atoms with van der Waals surface area (Å²) in [6.45, 7) is 1.07. The van der Waals surface area contributed by atoms with Gasteiger partial charge in [0, 0.05) is 18.8 Å². The van der Waals surface area contributed by atoms with Gasteiger partial charge in [-0.15, -0.1) is 0 Å². The normalized spacial score (nSPS) is 14.4. The molecule has 1 aromatic heterocycles. The van der Waals surface area contributed by atoms with Crippen LogP contribution in [0, 0.1) is 0 Å². The summed E-state index contributed by atoms with van der Waals surface area (Å²) in [6, 6.07) is 9.09. The molecule has 0 radical (unpaired) electrons. The first-order valence-corrected chi connectivity index (χ1v) is 8.71.